The maximum absolute atomic E-state index is 13.9. The van der Waals surface area contributed by atoms with E-state index < -0.39 is 5.82 Å². The fraction of sp³-hybridized carbons (Fsp3) is 0.240. The molecule has 1 saturated heterocycles. The first-order valence-corrected chi connectivity index (χ1v) is 11.4. The molecule has 182 valence electrons. The molecule has 2 N–H and O–H groups in total. The van der Waals surface area contributed by atoms with E-state index in [9.17, 15) is 13.6 Å². The minimum Gasteiger partial charge on any atom is -0.383 e. The van der Waals surface area contributed by atoms with Crippen LogP contribution in [-0.4, -0.2) is 50.5 Å². The first kappa shape index (κ1) is 24.4. The summed E-state index contributed by atoms with van der Waals surface area (Å²) < 4.78 is 29.6. The molecule has 1 aliphatic heterocycles. The van der Waals surface area contributed by atoms with Crippen LogP contribution in [0.15, 0.2) is 55.0 Å². The summed E-state index contributed by atoms with van der Waals surface area (Å²) in [7, 11) is 3.56. The van der Waals surface area contributed by atoms with E-state index in [-0.39, 0.29) is 22.9 Å². The van der Waals surface area contributed by atoms with Crippen LogP contribution in [0.25, 0.3) is 22.2 Å². The van der Waals surface area contributed by atoms with Crippen molar-refractivity contribution in [3.8, 4) is 11.1 Å². The van der Waals surface area contributed by atoms with Gasteiger partial charge in [0, 0.05) is 50.1 Å². The molecule has 0 spiro atoms. The molecule has 0 aliphatic carbocycles. The number of urea groups is 1. The van der Waals surface area contributed by atoms with Gasteiger partial charge in [-0.3, -0.25) is 0 Å². The maximum atomic E-state index is 13.9. The van der Waals surface area contributed by atoms with Crippen molar-refractivity contribution in [3.05, 3.63) is 77.2 Å². The summed E-state index contributed by atoms with van der Waals surface area (Å²) in [6, 6.07) is 11.2. The van der Waals surface area contributed by atoms with E-state index >= 15 is 0 Å². The highest BCUT2D eigenvalue weighted by atomic mass is 35.5. The number of hydrogen-bond donors (Lipinski definition) is 1. The Kier molecular flexibility index (Phi) is 6.88. The quantitative estimate of drug-likeness (QED) is 0.417. The van der Waals surface area contributed by atoms with Gasteiger partial charge >= 0.3 is 6.03 Å². The Morgan fingerprint density at radius 2 is 1.83 bits per heavy atom. The Bertz CT molecular complexity index is 1390. The van der Waals surface area contributed by atoms with Gasteiger partial charge in [-0.1, -0.05) is 41.9 Å². The van der Waals surface area contributed by atoms with Gasteiger partial charge in [-0.05, 0) is 19.1 Å². The topological polar surface area (TPSA) is 80.3 Å². The number of carbonyl (C=O) groups is 1. The molecule has 2 amide bonds. The molecule has 7 nitrogen and oxygen atoms in total. The van der Waals surface area contributed by atoms with E-state index in [1.54, 1.807) is 47.2 Å². The lowest BCUT2D eigenvalue weighted by Crippen LogP contribution is -2.30. The van der Waals surface area contributed by atoms with E-state index in [4.69, 9.17) is 17.3 Å². The third kappa shape index (κ3) is 4.51. The van der Waals surface area contributed by atoms with Crippen molar-refractivity contribution in [3.63, 3.8) is 0 Å². The van der Waals surface area contributed by atoms with Gasteiger partial charge in [0.05, 0.1) is 16.5 Å². The normalized spacial score (nSPS) is 15.5. The number of carbonyl (C=O) groups excluding carboxylic acids is 1. The number of rotatable bonds is 3. The van der Waals surface area contributed by atoms with Crippen LogP contribution in [0, 0.1) is 11.6 Å². The second kappa shape index (κ2) is 9.87. The lowest BCUT2D eigenvalue weighted by molar-refractivity contribution is 0.193. The lowest BCUT2D eigenvalue weighted by Gasteiger charge is -2.22. The van der Waals surface area contributed by atoms with Crippen LogP contribution in [0.2, 0.25) is 5.02 Å². The number of halogens is 3. The number of aromatic nitrogens is 3. The van der Waals surface area contributed by atoms with Crippen molar-refractivity contribution in [2.75, 3.05) is 25.9 Å². The predicted octanol–water partition coefficient (Wildman–Crippen LogP) is 5.26. The van der Waals surface area contributed by atoms with Gasteiger partial charge < -0.3 is 20.1 Å². The van der Waals surface area contributed by atoms with Crippen LogP contribution in [-0.2, 0) is 7.05 Å². The van der Waals surface area contributed by atoms with Crippen LogP contribution in [0.5, 0.6) is 0 Å². The summed E-state index contributed by atoms with van der Waals surface area (Å²) >= 11 is 5.76. The second-order valence-corrected chi connectivity index (χ2v) is 8.61. The molecule has 5 rings (SSSR count). The lowest BCUT2D eigenvalue weighted by atomic mass is 10.1. The van der Waals surface area contributed by atoms with Crippen molar-refractivity contribution in [2.45, 2.75) is 13.0 Å². The highest BCUT2D eigenvalue weighted by molar-refractivity contribution is 6.30. The van der Waals surface area contributed by atoms with Gasteiger partial charge in [0.1, 0.15) is 29.4 Å². The highest BCUT2D eigenvalue weighted by Crippen LogP contribution is 2.34. The van der Waals surface area contributed by atoms with Crippen molar-refractivity contribution < 1.29 is 13.6 Å². The molecular weight excluding hydrogens is 474 g/mol. The first-order chi connectivity index (χ1) is 16.7. The van der Waals surface area contributed by atoms with Crippen LogP contribution >= 0.6 is 11.6 Å². The minimum absolute atomic E-state index is 0.0723. The van der Waals surface area contributed by atoms with E-state index in [1.165, 1.54) is 18.5 Å². The van der Waals surface area contributed by atoms with Gasteiger partial charge in [-0.25, -0.2) is 23.5 Å². The summed E-state index contributed by atoms with van der Waals surface area (Å²) in [6.07, 6.45) is 3.22. The summed E-state index contributed by atoms with van der Waals surface area (Å²) in [6.45, 7) is 2.93. The third-order valence-electron chi connectivity index (χ3n) is 6.02. The van der Waals surface area contributed by atoms with Crippen LogP contribution in [0.3, 0.4) is 0 Å². The number of fused-ring (bicyclic) bond motifs is 1. The second-order valence-electron chi connectivity index (χ2n) is 8.20. The van der Waals surface area contributed by atoms with E-state index in [0.29, 0.717) is 46.6 Å². The predicted molar refractivity (Wildman–Crippen MR) is 133 cm³/mol. The first-order valence-electron chi connectivity index (χ1n) is 11.0. The van der Waals surface area contributed by atoms with E-state index in [1.807, 2.05) is 24.7 Å². The molecule has 4 aromatic rings. The van der Waals surface area contributed by atoms with Crippen molar-refractivity contribution in [1.82, 2.24) is 24.3 Å². The molecule has 1 atom stereocenters. The Morgan fingerprint density at radius 3 is 2.54 bits per heavy atom. The standard InChI is InChI=1S/C13H11FN4.C12H14ClFN2O/c1-18-6-9(8-4-2-3-5-10(8)14)11-12(15)16-7-17-13(11)18;1-3-16-10(7-15(2)12(16)17)8-5-4-6-9(13)11(8)14/h2-7H,1H3,(H2,15,16,17);4-6,10H,3,7H2,1-2H3. The van der Waals surface area contributed by atoms with Crippen molar-refractivity contribution in [2.24, 2.45) is 7.05 Å². The summed E-state index contributed by atoms with van der Waals surface area (Å²) in [5, 5.41) is 0.783. The smallest absolute Gasteiger partial charge is 0.320 e. The number of aryl methyl sites for hydroxylation is 1. The van der Waals surface area contributed by atoms with E-state index in [2.05, 4.69) is 9.97 Å². The number of nitrogens with zero attached hydrogens (tertiary/aromatic N) is 5. The number of hydrogen-bond acceptors (Lipinski definition) is 4. The maximum Gasteiger partial charge on any atom is 0.320 e. The molecule has 10 heteroatoms. The largest absolute Gasteiger partial charge is 0.383 e. The number of benzene rings is 2. The Labute approximate surface area is 206 Å². The number of anilines is 1. The molecular formula is C25H25ClF2N6O. The van der Waals surface area contributed by atoms with Gasteiger partial charge in [-0.15, -0.1) is 0 Å². The molecule has 2 aromatic carbocycles. The van der Waals surface area contributed by atoms with Gasteiger partial charge in [0.15, 0.2) is 0 Å². The number of amides is 2. The molecule has 2 aromatic heterocycles. The number of likely N-dealkylation sites (N-methyl/N-ethyl adjacent to an activating group) is 2. The fourth-order valence-corrected chi connectivity index (χ4v) is 4.49. The molecule has 1 aliphatic rings. The fourth-order valence-electron chi connectivity index (χ4n) is 4.31. The molecule has 1 unspecified atom stereocenters. The molecule has 0 bridgehead atoms. The SMILES string of the molecule is CCN1C(=O)N(C)CC1c1cccc(Cl)c1F.Cn1cc(-c2ccccc2F)c2c(N)ncnc21. The van der Waals surface area contributed by atoms with Crippen LogP contribution in [0.1, 0.15) is 18.5 Å². The van der Waals surface area contributed by atoms with Gasteiger partial charge in [0.2, 0.25) is 0 Å². The molecule has 1 fully saturated rings. The minimum atomic E-state index is -0.430. The van der Waals surface area contributed by atoms with Gasteiger partial charge in [0.25, 0.3) is 0 Å². The van der Waals surface area contributed by atoms with E-state index in [0.717, 1.165) is 0 Å². The molecule has 0 radical (unpaired) electrons. The Morgan fingerprint density at radius 1 is 1.09 bits per heavy atom. The summed E-state index contributed by atoms with van der Waals surface area (Å²) in [4.78, 5) is 23.2. The third-order valence-corrected chi connectivity index (χ3v) is 6.32. The van der Waals surface area contributed by atoms with Crippen molar-refractivity contribution >= 4 is 34.5 Å². The number of nitrogens with two attached hydrogens (primary N) is 1. The van der Waals surface area contributed by atoms with Crippen LogP contribution in [0.4, 0.5) is 19.4 Å². The highest BCUT2D eigenvalue weighted by Gasteiger charge is 2.36. The monoisotopic (exact) mass is 498 g/mol. The molecule has 3 heterocycles. The zero-order valence-corrected chi connectivity index (χ0v) is 20.3. The number of nitrogen functional groups attached to an aromatic ring is 1. The van der Waals surface area contributed by atoms with Crippen molar-refractivity contribution in [1.29, 1.82) is 0 Å². The van der Waals surface area contributed by atoms with Gasteiger partial charge in [-0.2, -0.15) is 0 Å². The zero-order valence-electron chi connectivity index (χ0n) is 19.5. The summed E-state index contributed by atoms with van der Waals surface area (Å²) in [5.41, 5.74) is 8.27. The van der Waals surface area contributed by atoms with Crippen LogP contribution < -0.4 is 5.73 Å². The molecule has 35 heavy (non-hydrogen) atoms. The molecule has 0 saturated carbocycles. The summed E-state index contributed by atoms with van der Waals surface area (Å²) in [5.74, 6) is -0.354. The average molecular weight is 499 g/mol. The average Bonchev–Trinajstić information content (AvgIpc) is 3.33. The zero-order chi connectivity index (χ0) is 25.3. The Balaban J connectivity index is 0.000000165. The Hall–Kier alpha value is -3.72.